The van der Waals surface area contributed by atoms with E-state index in [0.29, 0.717) is 12.5 Å². The molecular formula is C19H43NO2. The van der Waals surface area contributed by atoms with Crippen molar-refractivity contribution >= 4 is 0 Å². The van der Waals surface area contributed by atoms with Crippen molar-refractivity contribution < 1.29 is 9.47 Å². The lowest BCUT2D eigenvalue weighted by atomic mass is 9.83. The molecule has 0 spiro atoms. The molecule has 3 nitrogen and oxygen atoms in total. The van der Waals surface area contributed by atoms with Crippen molar-refractivity contribution in [1.29, 1.82) is 0 Å². The summed E-state index contributed by atoms with van der Waals surface area (Å²) in [7, 11) is 0. The quantitative estimate of drug-likeness (QED) is 0.692. The topological polar surface area (TPSA) is 44.5 Å². The van der Waals surface area contributed by atoms with E-state index in [1.54, 1.807) is 0 Å². The van der Waals surface area contributed by atoms with Gasteiger partial charge in [0.15, 0.2) is 0 Å². The van der Waals surface area contributed by atoms with E-state index in [1.807, 2.05) is 0 Å². The SMILES string of the molecule is C.C.C[C@@H]1CC(C)(C)OC[C@@H]1C.C[C@@H]1CC(C)(C)OC[C@@H]1N. The lowest BCUT2D eigenvalue weighted by molar-refractivity contribution is -0.0944. The maximum Gasteiger partial charge on any atom is 0.0630 e. The van der Waals surface area contributed by atoms with Gasteiger partial charge in [0.05, 0.1) is 24.4 Å². The summed E-state index contributed by atoms with van der Waals surface area (Å²) in [5.41, 5.74) is 5.96. The van der Waals surface area contributed by atoms with Gasteiger partial charge >= 0.3 is 0 Å². The molecule has 4 atom stereocenters. The predicted molar refractivity (Wildman–Crippen MR) is 98.2 cm³/mol. The van der Waals surface area contributed by atoms with Crippen LogP contribution in [0.1, 0.15) is 76.2 Å². The zero-order valence-corrected chi connectivity index (χ0v) is 14.5. The van der Waals surface area contributed by atoms with Gasteiger partial charge in [-0.1, -0.05) is 35.6 Å². The Hall–Kier alpha value is -0.120. The minimum Gasteiger partial charge on any atom is -0.375 e. The molecule has 2 N–H and O–H groups in total. The van der Waals surface area contributed by atoms with Gasteiger partial charge in [-0.15, -0.1) is 0 Å². The number of rotatable bonds is 0. The average molecular weight is 318 g/mol. The molecule has 22 heavy (non-hydrogen) atoms. The molecule has 0 radical (unpaired) electrons. The molecule has 0 aliphatic carbocycles. The van der Waals surface area contributed by atoms with Gasteiger partial charge in [-0.3, -0.25) is 0 Å². The van der Waals surface area contributed by atoms with Crippen LogP contribution in [0.15, 0.2) is 0 Å². The molecule has 0 saturated carbocycles. The van der Waals surface area contributed by atoms with Crippen LogP contribution in [-0.4, -0.2) is 30.5 Å². The molecule has 0 unspecified atom stereocenters. The minimum absolute atomic E-state index is 0. The average Bonchev–Trinajstić information content (AvgIpc) is 2.30. The summed E-state index contributed by atoms with van der Waals surface area (Å²) >= 11 is 0. The van der Waals surface area contributed by atoms with Gasteiger partial charge in [0, 0.05) is 6.04 Å². The number of hydrogen-bond donors (Lipinski definition) is 1. The molecule has 2 rings (SSSR count). The highest BCUT2D eigenvalue weighted by atomic mass is 16.5. The fourth-order valence-electron chi connectivity index (χ4n) is 3.03. The van der Waals surface area contributed by atoms with Crippen molar-refractivity contribution in [2.45, 2.75) is 93.4 Å². The molecule has 2 fully saturated rings. The molecule has 2 aliphatic heterocycles. The third-order valence-corrected chi connectivity index (χ3v) is 4.73. The monoisotopic (exact) mass is 317 g/mol. The highest BCUT2D eigenvalue weighted by Crippen LogP contribution is 2.31. The van der Waals surface area contributed by atoms with Crippen LogP contribution in [0.4, 0.5) is 0 Å². The lowest BCUT2D eigenvalue weighted by Crippen LogP contribution is -2.46. The first-order chi connectivity index (χ1) is 9.02. The Morgan fingerprint density at radius 1 is 0.727 bits per heavy atom. The van der Waals surface area contributed by atoms with Crippen LogP contribution in [0.2, 0.25) is 0 Å². The van der Waals surface area contributed by atoms with Crippen molar-refractivity contribution in [2.75, 3.05) is 13.2 Å². The van der Waals surface area contributed by atoms with Gasteiger partial charge in [-0.2, -0.15) is 0 Å². The smallest absolute Gasteiger partial charge is 0.0630 e. The third kappa shape index (κ3) is 7.94. The third-order valence-electron chi connectivity index (χ3n) is 4.73. The summed E-state index contributed by atoms with van der Waals surface area (Å²) in [6.45, 7) is 17.0. The maximum atomic E-state index is 5.77. The Bertz CT molecular complexity index is 272. The number of ether oxygens (including phenoxy) is 2. The molecule has 0 aromatic rings. The van der Waals surface area contributed by atoms with Crippen LogP contribution >= 0.6 is 0 Å². The Balaban J connectivity index is 0. The fourth-order valence-corrected chi connectivity index (χ4v) is 3.03. The first-order valence-corrected chi connectivity index (χ1v) is 8.06. The van der Waals surface area contributed by atoms with E-state index in [4.69, 9.17) is 15.2 Å². The zero-order chi connectivity index (χ0) is 15.6. The molecule has 136 valence electrons. The zero-order valence-electron chi connectivity index (χ0n) is 14.5. The van der Waals surface area contributed by atoms with E-state index in [2.05, 4.69) is 48.5 Å². The predicted octanol–water partition coefficient (Wildman–Crippen LogP) is 4.88. The summed E-state index contributed by atoms with van der Waals surface area (Å²) in [5, 5.41) is 0. The van der Waals surface area contributed by atoms with Crippen LogP contribution in [0.3, 0.4) is 0 Å². The van der Waals surface area contributed by atoms with Crippen LogP contribution in [0.25, 0.3) is 0 Å². The highest BCUT2D eigenvalue weighted by Gasteiger charge is 2.31. The van der Waals surface area contributed by atoms with E-state index < -0.39 is 0 Å². The molecule has 0 aromatic heterocycles. The van der Waals surface area contributed by atoms with Gasteiger partial charge in [-0.05, 0) is 58.3 Å². The largest absolute Gasteiger partial charge is 0.375 e. The molecular weight excluding hydrogens is 274 g/mol. The molecule has 2 heterocycles. The molecule has 0 aromatic carbocycles. The first kappa shape index (κ1) is 24.1. The second-order valence-corrected chi connectivity index (χ2v) is 8.15. The lowest BCUT2D eigenvalue weighted by Gasteiger charge is -2.37. The van der Waals surface area contributed by atoms with Crippen molar-refractivity contribution in [3.05, 3.63) is 0 Å². The van der Waals surface area contributed by atoms with Gasteiger partial charge in [0.2, 0.25) is 0 Å². The summed E-state index contributed by atoms with van der Waals surface area (Å²) in [5.74, 6) is 2.17. The molecule has 2 aliphatic rings. The summed E-state index contributed by atoms with van der Waals surface area (Å²) in [6.07, 6.45) is 2.28. The Labute approximate surface area is 140 Å². The molecule has 0 bridgehead atoms. The van der Waals surface area contributed by atoms with Crippen molar-refractivity contribution in [3.8, 4) is 0 Å². The normalized spacial score (nSPS) is 36.0. The minimum atomic E-state index is 0. The highest BCUT2D eigenvalue weighted by molar-refractivity contribution is 4.83. The van der Waals surface area contributed by atoms with Crippen LogP contribution in [-0.2, 0) is 9.47 Å². The second kappa shape index (κ2) is 9.24. The van der Waals surface area contributed by atoms with Crippen LogP contribution < -0.4 is 5.73 Å². The second-order valence-electron chi connectivity index (χ2n) is 8.15. The van der Waals surface area contributed by atoms with Crippen molar-refractivity contribution in [1.82, 2.24) is 0 Å². The van der Waals surface area contributed by atoms with E-state index in [1.165, 1.54) is 6.42 Å². The summed E-state index contributed by atoms with van der Waals surface area (Å²) in [4.78, 5) is 0. The van der Waals surface area contributed by atoms with Crippen molar-refractivity contribution in [2.24, 2.45) is 23.5 Å². The van der Waals surface area contributed by atoms with Crippen LogP contribution in [0.5, 0.6) is 0 Å². The summed E-state index contributed by atoms with van der Waals surface area (Å²) < 4.78 is 11.2. The van der Waals surface area contributed by atoms with Crippen LogP contribution in [0, 0.1) is 17.8 Å². The van der Waals surface area contributed by atoms with E-state index >= 15 is 0 Å². The van der Waals surface area contributed by atoms with Gasteiger partial charge in [0.25, 0.3) is 0 Å². The molecule has 3 heteroatoms. The van der Waals surface area contributed by atoms with Gasteiger partial charge in [-0.25, -0.2) is 0 Å². The Kier molecular flexibility index (Phi) is 10.1. The van der Waals surface area contributed by atoms with Gasteiger partial charge < -0.3 is 15.2 Å². The van der Waals surface area contributed by atoms with E-state index in [-0.39, 0.29) is 32.1 Å². The number of nitrogens with two attached hydrogens (primary N) is 1. The fraction of sp³-hybridized carbons (Fsp3) is 1.00. The van der Waals surface area contributed by atoms with Gasteiger partial charge in [0.1, 0.15) is 0 Å². The molecule has 0 amide bonds. The maximum absolute atomic E-state index is 5.77. The standard InChI is InChI=1S/C9H18O.C8H17NO.2CH4/c1-7-5-9(3,4)10-6-8(7)2;1-6-4-8(2,3)10-5-7(6)9;;/h7-8H,5-6H2,1-4H3;6-7H,4-5,9H2,1-3H3;2*1H4/t7-,8+;6-,7+;;/m11../s1. The summed E-state index contributed by atoms with van der Waals surface area (Å²) in [6, 6.07) is 0.244. The Morgan fingerprint density at radius 3 is 1.45 bits per heavy atom. The molecule has 2 saturated heterocycles. The number of hydrogen-bond acceptors (Lipinski definition) is 3. The Morgan fingerprint density at radius 2 is 1.14 bits per heavy atom. The van der Waals surface area contributed by atoms with Crippen molar-refractivity contribution in [3.63, 3.8) is 0 Å². The van der Waals surface area contributed by atoms with E-state index in [0.717, 1.165) is 24.9 Å². The van der Waals surface area contributed by atoms with E-state index in [9.17, 15) is 0 Å². The first-order valence-electron chi connectivity index (χ1n) is 8.06.